The molecule has 1 fully saturated rings. The summed E-state index contributed by atoms with van der Waals surface area (Å²) in [5.74, 6) is -1.04. The number of carbonyl (C=O) groups is 2. The van der Waals surface area contributed by atoms with Crippen molar-refractivity contribution >= 4 is 27.2 Å². The van der Waals surface area contributed by atoms with E-state index in [9.17, 15) is 31.2 Å². The number of carbonyl (C=O) groups excluding carboxylic acids is 2. The molecule has 0 radical (unpaired) electrons. The number of amides is 2. The average Bonchev–Trinajstić information content (AvgIpc) is 3.18. The van der Waals surface area contributed by atoms with Gasteiger partial charge in [-0.2, -0.15) is 13.2 Å². The van der Waals surface area contributed by atoms with Crippen LogP contribution in [0.15, 0.2) is 53.8 Å². The largest absolute Gasteiger partial charge is 0.416 e. The lowest BCUT2D eigenvalue weighted by atomic mass is 10.1. The molecule has 0 atom stereocenters. The summed E-state index contributed by atoms with van der Waals surface area (Å²) < 4.78 is 64.3. The Labute approximate surface area is 187 Å². The van der Waals surface area contributed by atoms with E-state index in [1.807, 2.05) is 0 Å². The summed E-state index contributed by atoms with van der Waals surface area (Å²) in [5, 5.41) is -0.250. The molecule has 33 heavy (non-hydrogen) atoms. The fourth-order valence-electron chi connectivity index (χ4n) is 3.70. The summed E-state index contributed by atoms with van der Waals surface area (Å²) in [6.45, 7) is 0.490. The molecule has 0 aliphatic carbocycles. The number of piperazine rings is 1. The van der Waals surface area contributed by atoms with E-state index in [-0.39, 0.29) is 42.6 Å². The van der Waals surface area contributed by atoms with Gasteiger partial charge >= 0.3 is 6.18 Å². The highest BCUT2D eigenvalue weighted by Gasteiger charge is 2.33. The van der Waals surface area contributed by atoms with E-state index >= 15 is 0 Å². The van der Waals surface area contributed by atoms with Gasteiger partial charge in [0.05, 0.1) is 11.1 Å². The molecule has 2 aromatic heterocycles. The molecule has 8 nitrogen and oxygen atoms in total. The first kappa shape index (κ1) is 22.8. The second kappa shape index (κ2) is 8.18. The van der Waals surface area contributed by atoms with Crippen LogP contribution in [0, 0.1) is 0 Å². The van der Waals surface area contributed by atoms with Crippen LogP contribution in [0.25, 0.3) is 5.52 Å². The molecule has 1 aliphatic rings. The van der Waals surface area contributed by atoms with Crippen LogP contribution in [-0.4, -0.2) is 71.9 Å². The second-order valence-electron chi connectivity index (χ2n) is 7.63. The van der Waals surface area contributed by atoms with Gasteiger partial charge in [-0.15, -0.1) is 0 Å². The predicted molar refractivity (Wildman–Crippen MR) is 112 cm³/mol. The average molecular weight is 480 g/mol. The van der Waals surface area contributed by atoms with Crippen LogP contribution in [0.4, 0.5) is 13.2 Å². The summed E-state index contributed by atoms with van der Waals surface area (Å²) >= 11 is 0. The number of nitrogens with zero attached hydrogens (tertiary/aromatic N) is 4. The highest BCUT2D eigenvalue weighted by atomic mass is 32.2. The number of pyridine rings is 1. The fourth-order valence-corrected chi connectivity index (χ4v) is 4.48. The number of rotatable bonds is 3. The molecule has 0 bridgehead atoms. The first-order valence-electron chi connectivity index (χ1n) is 9.90. The molecule has 12 heteroatoms. The third-order valence-corrected chi connectivity index (χ3v) is 6.29. The lowest BCUT2D eigenvalue weighted by molar-refractivity contribution is -0.137. The highest BCUT2D eigenvalue weighted by molar-refractivity contribution is 7.90. The molecule has 0 saturated carbocycles. The zero-order valence-electron chi connectivity index (χ0n) is 17.4. The molecular formula is C21H19F3N4O4S. The molecule has 0 spiro atoms. The van der Waals surface area contributed by atoms with Gasteiger partial charge in [-0.1, -0.05) is 12.1 Å². The van der Waals surface area contributed by atoms with E-state index in [1.54, 1.807) is 18.2 Å². The third-order valence-electron chi connectivity index (χ3n) is 5.34. The van der Waals surface area contributed by atoms with Gasteiger partial charge in [-0.05, 0) is 30.3 Å². The van der Waals surface area contributed by atoms with Crippen molar-refractivity contribution in [2.24, 2.45) is 0 Å². The standard InChI is InChI=1S/C21H19F3N4O4S/c1-33(31,32)20-25-17(16-7-2-3-8-28(16)20)19(30)27-11-9-26(10-12-27)18(29)14-5-4-6-15(13-14)21(22,23)24/h2-8,13H,9-12H2,1H3. The summed E-state index contributed by atoms with van der Waals surface area (Å²) in [4.78, 5) is 32.7. The number of sulfone groups is 1. The zero-order valence-corrected chi connectivity index (χ0v) is 18.2. The molecular weight excluding hydrogens is 461 g/mol. The smallest absolute Gasteiger partial charge is 0.335 e. The van der Waals surface area contributed by atoms with Crippen molar-refractivity contribution in [2.75, 3.05) is 32.4 Å². The highest BCUT2D eigenvalue weighted by Crippen LogP contribution is 2.30. The first-order valence-corrected chi connectivity index (χ1v) is 11.8. The first-order chi connectivity index (χ1) is 15.5. The van der Waals surface area contributed by atoms with Gasteiger partial charge in [0, 0.05) is 44.2 Å². The Morgan fingerprint density at radius 1 is 0.939 bits per heavy atom. The molecule has 1 aromatic carbocycles. The lowest BCUT2D eigenvalue weighted by Gasteiger charge is -2.34. The normalized spacial score (nSPS) is 15.2. The molecule has 0 N–H and O–H groups in total. The zero-order chi connectivity index (χ0) is 24.0. The number of imidazole rings is 1. The van der Waals surface area contributed by atoms with Crippen LogP contribution in [0.3, 0.4) is 0 Å². The van der Waals surface area contributed by atoms with E-state index in [0.29, 0.717) is 5.52 Å². The Morgan fingerprint density at radius 2 is 1.58 bits per heavy atom. The van der Waals surface area contributed by atoms with Gasteiger partial charge in [0.2, 0.25) is 15.0 Å². The number of hydrogen-bond donors (Lipinski definition) is 0. The summed E-state index contributed by atoms with van der Waals surface area (Å²) in [6, 6.07) is 9.07. The minimum Gasteiger partial charge on any atom is -0.335 e. The van der Waals surface area contributed by atoms with E-state index in [0.717, 1.165) is 18.4 Å². The third kappa shape index (κ3) is 4.42. The van der Waals surface area contributed by atoms with Crippen LogP contribution in [0.2, 0.25) is 0 Å². The van der Waals surface area contributed by atoms with Gasteiger partial charge in [0.1, 0.15) is 0 Å². The molecule has 1 saturated heterocycles. The van der Waals surface area contributed by atoms with Crippen molar-refractivity contribution in [1.29, 1.82) is 0 Å². The van der Waals surface area contributed by atoms with Gasteiger partial charge in [-0.25, -0.2) is 13.4 Å². The van der Waals surface area contributed by atoms with Crippen molar-refractivity contribution in [3.8, 4) is 0 Å². The molecule has 1 aliphatic heterocycles. The Bertz CT molecular complexity index is 1340. The maximum Gasteiger partial charge on any atom is 0.416 e. The van der Waals surface area contributed by atoms with Crippen molar-refractivity contribution < 1.29 is 31.2 Å². The second-order valence-corrected chi connectivity index (χ2v) is 9.54. The van der Waals surface area contributed by atoms with E-state index in [1.165, 1.54) is 32.5 Å². The Hall–Kier alpha value is -3.41. The quantitative estimate of drug-likeness (QED) is 0.574. The minimum atomic E-state index is -4.56. The Morgan fingerprint density at radius 3 is 2.18 bits per heavy atom. The van der Waals surface area contributed by atoms with E-state index < -0.39 is 33.4 Å². The Balaban J connectivity index is 1.51. The molecule has 2 amide bonds. The van der Waals surface area contributed by atoms with Gasteiger partial charge in [0.25, 0.3) is 11.8 Å². The summed E-state index contributed by atoms with van der Waals surface area (Å²) in [5.41, 5.74) is -0.669. The van der Waals surface area contributed by atoms with Crippen molar-refractivity contribution in [3.63, 3.8) is 0 Å². The van der Waals surface area contributed by atoms with Gasteiger partial charge in [-0.3, -0.25) is 14.0 Å². The van der Waals surface area contributed by atoms with Crippen LogP contribution >= 0.6 is 0 Å². The summed E-state index contributed by atoms with van der Waals surface area (Å²) in [6.07, 6.45) is -2.05. The van der Waals surface area contributed by atoms with Crippen LogP contribution < -0.4 is 0 Å². The van der Waals surface area contributed by atoms with Crippen LogP contribution in [0.5, 0.6) is 0 Å². The monoisotopic (exact) mass is 480 g/mol. The summed E-state index contributed by atoms with van der Waals surface area (Å²) in [7, 11) is -3.69. The molecule has 3 aromatic rings. The van der Waals surface area contributed by atoms with Gasteiger partial charge in [0.15, 0.2) is 5.69 Å². The molecule has 3 heterocycles. The molecule has 4 rings (SSSR count). The number of alkyl halides is 3. The fraction of sp³-hybridized carbons (Fsp3) is 0.286. The van der Waals surface area contributed by atoms with Crippen molar-refractivity contribution in [3.05, 3.63) is 65.5 Å². The number of fused-ring (bicyclic) bond motifs is 1. The van der Waals surface area contributed by atoms with E-state index in [4.69, 9.17) is 0 Å². The number of aromatic nitrogens is 2. The Kier molecular flexibility index (Phi) is 5.64. The SMILES string of the molecule is CS(=O)(=O)c1nc(C(=O)N2CCN(C(=O)c3cccc(C(F)(F)F)c3)CC2)c2ccccn12. The lowest BCUT2D eigenvalue weighted by Crippen LogP contribution is -2.50. The van der Waals surface area contributed by atoms with Crippen molar-refractivity contribution in [1.82, 2.24) is 19.2 Å². The topological polar surface area (TPSA) is 92.1 Å². The predicted octanol–water partition coefficient (Wildman–Crippen LogP) is 2.35. The maximum absolute atomic E-state index is 13.1. The van der Waals surface area contributed by atoms with Crippen LogP contribution in [-0.2, 0) is 16.0 Å². The van der Waals surface area contributed by atoms with E-state index in [2.05, 4.69) is 4.98 Å². The maximum atomic E-state index is 13.1. The van der Waals surface area contributed by atoms with Gasteiger partial charge < -0.3 is 9.80 Å². The van der Waals surface area contributed by atoms with Crippen molar-refractivity contribution in [2.45, 2.75) is 11.3 Å². The van der Waals surface area contributed by atoms with Crippen LogP contribution in [0.1, 0.15) is 26.4 Å². The number of hydrogen-bond acceptors (Lipinski definition) is 5. The number of halogens is 3. The molecule has 174 valence electrons. The number of benzene rings is 1. The molecule has 0 unspecified atom stereocenters. The minimum absolute atomic E-state index is 0.0197.